The maximum Gasteiger partial charge on any atom is 0.397 e. The Kier molecular flexibility index (Phi) is 7.12. The van der Waals surface area contributed by atoms with Gasteiger partial charge in [0.2, 0.25) is 11.8 Å². The van der Waals surface area contributed by atoms with E-state index in [4.69, 9.17) is 34.8 Å². The third kappa shape index (κ3) is 5.67. The van der Waals surface area contributed by atoms with E-state index in [1.54, 1.807) is 5.32 Å². The molecule has 2 aromatic rings. The van der Waals surface area contributed by atoms with Gasteiger partial charge in [0.15, 0.2) is 5.82 Å². The van der Waals surface area contributed by atoms with Crippen molar-refractivity contribution in [1.82, 2.24) is 5.32 Å². The first kappa shape index (κ1) is 25.5. The van der Waals surface area contributed by atoms with Gasteiger partial charge in [-0.25, -0.2) is 13.2 Å². The summed E-state index contributed by atoms with van der Waals surface area (Å²) in [4.78, 5) is 23.9. The number of amides is 2. The second kappa shape index (κ2) is 9.23. The number of hydrogen-bond acceptors (Lipinski definition) is 2. The predicted molar refractivity (Wildman–Crippen MR) is 110 cm³/mol. The zero-order valence-electron chi connectivity index (χ0n) is 16.2. The van der Waals surface area contributed by atoms with E-state index >= 15 is 0 Å². The highest BCUT2D eigenvalue weighted by Crippen LogP contribution is 2.65. The monoisotopic (exact) mass is 532 g/mol. The summed E-state index contributed by atoms with van der Waals surface area (Å²) in [5, 5.41) is 3.75. The zero-order valence-corrected chi connectivity index (χ0v) is 18.4. The lowest BCUT2D eigenvalue weighted by Gasteiger charge is -2.12. The topological polar surface area (TPSA) is 58.2 Å². The van der Waals surface area contributed by atoms with Gasteiger partial charge in [-0.1, -0.05) is 17.7 Å². The van der Waals surface area contributed by atoms with E-state index in [1.807, 2.05) is 0 Å². The summed E-state index contributed by atoms with van der Waals surface area (Å²) in [6.45, 7) is -0.884. The van der Waals surface area contributed by atoms with Crippen molar-refractivity contribution in [2.45, 2.75) is 29.4 Å². The summed E-state index contributed by atoms with van der Waals surface area (Å²) >= 11 is 18.1. The fourth-order valence-electron chi connectivity index (χ4n) is 3.27. The van der Waals surface area contributed by atoms with Gasteiger partial charge in [0, 0.05) is 18.0 Å². The van der Waals surface area contributed by atoms with Crippen LogP contribution in [0.1, 0.15) is 23.5 Å². The number of halogens is 9. The van der Waals surface area contributed by atoms with Crippen LogP contribution in [0.5, 0.6) is 0 Å². The Morgan fingerprint density at radius 2 is 1.67 bits per heavy atom. The van der Waals surface area contributed by atoms with Gasteiger partial charge in [-0.3, -0.25) is 9.59 Å². The third-order valence-corrected chi connectivity index (χ3v) is 6.14. The number of carbonyl (C=O) groups is 2. The fraction of sp³-hybridized carbons (Fsp3) is 0.300. The number of anilines is 1. The third-order valence-electron chi connectivity index (χ3n) is 4.91. The molecule has 0 aliphatic heterocycles. The number of rotatable bonds is 6. The first-order valence-electron chi connectivity index (χ1n) is 9.16. The van der Waals surface area contributed by atoms with Crippen molar-refractivity contribution in [3.05, 3.63) is 63.9 Å². The molecule has 2 aromatic carbocycles. The molecule has 0 saturated heterocycles. The lowest BCUT2D eigenvalue weighted by atomic mass is 10.1. The molecule has 2 unspecified atom stereocenters. The van der Waals surface area contributed by atoms with E-state index in [0.29, 0.717) is 5.56 Å². The number of nitrogens with one attached hydrogen (secondary N) is 2. The number of carbonyl (C=O) groups excluding carboxylic acids is 2. The highest BCUT2D eigenvalue weighted by atomic mass is 35.5. The van der Waals surface area contributed by atoms with Crippen molar-refractivity contribution in [2.75, 3.05) is 5.32 Å². The Hall–Kier alpha value is -2.17. The molecule has 33 heavy (non-hydrogen) atoms. The minimum Gasteiger partial charge on any atom is -0.352 e. The summed E-state index contributed by atoms with van der Waals surface area (Å²) in [5.41, 5.74) is -0.906. The number of alkyl halides is 5. The van der Waals surface area contributed by atoms with E-state index < -0.39 is 75.8 Å². The largest absolute Gasteiger partial charge is 0.397 e. The van der Waals surface area contributed by atoms with Gasteiger partial charge in [0.05, 0.1) is 16.6 Å². The Morgan fingerprint density at radius 3 is 2.27 bits per heavy atom. The number of benzene rings is 2. The Bertz CT molecular complexity index is 1110. The molecule has 2 amide bonds. The summed E-state index contributed by atoms with van der Waals surface area (Å²) < 4.78 is 77.2. The van der Waals surface area contributed by atoms with Crippen LogP contribution >= 0.6 is 34.8 Å². The average molecular weight is 534 g/mol. The van der Waals surface area contributed by atoms with E-state index in [-0.39, 0.29) is 5.02 Å². The molecule has 4 nitrogen and oxygen atoms in total. The van der Waals surface area contributed by atoms with Crippen molar-refractivity contribution in [3.63, 3.8) is 0 Å². The minimum absolute atomic E-state index is 0.218. The van der Waals surface area contributed by atoms with Crippen LogP contribution in [0.4, 0.5) is 32.0 Å². The van der Waals surface area contributed by atoms with Gasteiger partial charge in [-0.05, 0) is 29.8 Å². The van der Waals surface area contributed by atoms with Gasteiger partial charge < -0.3 is 10.6 Å². The number of hydrogen-bond donors (Lipinski definition) is 2. The van der Waals surface area contributed by atoms with E-state index in [2.05, 4.69) is 5.32 Å². The molecule has 1 saturated carbocycles. The second-order valence-electron chi connectivity index (χ2n) is 7.25. The quantitative estimate of drug-likeness (QED) is 0.361. The Labute approximate surface area is 198 Å². The van der Waals surface area contributed by atoms with Crippen LogP contribution in [0.25, 0.3) is 0 Å². The van der Waals surface area contributed by atoms with E-state index in [1.165, 1.54) is 12.1 Å². The van der Waals surface area contributed by atoms with Crippen LogP contribution in [0.3, 0.4) is 0 Å². The van der Waals surface area contributed by atoms with Crippen LogP contribution < -0.4 is 10.6 Å². The molecule has 0 aromatic heterocycles. The normalized spacial score (nSPS) is 19.2. The van der Waals surface area contributed by atoms with Crippen molar-refractivity contribution in [2.24, 2.45) is 5.92 Å². The summed E-state index contributed by atoms with van der Waals surface area (Å²) in [6.07, 6.45) is -6.61. The predicted octanol–water partition coefficient (Wildman–Crippen LogP) is 5.85. The van der Waals surface area contributed by atoms with Crippen molar-refractivity contribution in [1.29, 1.82) is 0 Å². The molecule has 3 rings (SSSR count). The molecule has 0 spiro atoms. The van der Waals surface area contributed by atoms with Gasteiger partial charge in [0.1, 0.15) is 22.4 Å². The maximum atomic E-state index is 14.7. The van der Waals surface area contributed by atoms with Crippen LogP contribution in [0.15, 0.2) is 30.3 Å². The van der Waals surface area contributed by atoms with Gasteiger partial charge >= 0.3 is 6.18 Å². The second-order valence-corrected chi connectivity index (χ2v) is 9.10. The molecular formula is C20H13Cl3F6N2O2. The van der Waals surface area contributed by atoms with Crippen LogP contribution in [0, 0.1) is 23.4 Å². The van der Waals surface area contributed by atoms with Gasteiger partial charge in [0.25, 0.3) is 0 Å². The van der Waals surface area contributed by atoms with Crippen LogP contribution in [-0.2, 0) is 16.1 Å². The maximum absolute atomic E-state index is 14.7. The highest BCUT2D eigenvalue weighted by molar-refractivity contribution is 6.53. The molecule has 178 valence electrons. The Balaban J connectivity index is 1.74. The minimum atomic E-state index is -4.79. The van der Waals surface area contributed by atoms with Crippen molar-refractivity contribution < 1.29 is 35.9 Å². The van der Waals surface area contributed by atoms with Crippen molar-refractivity contribution in [3.8, 4) is 0 Å². The molecule has 1 fully saturated rings. The molecule has 1 aliphatic rings. The summed E-state index contributed by atoms with van der Waals surface area (Å²) in [5.74, 6) is -7.36. The van der Waals surface area contributed by atoms with Gasteiger partial charge in [-0.15, -0.1) is 23.2 Å². The molecule has 2 atom stereocenters. The molecule has 0 radical (unpaired) electrons. The van der Waals surface area contributed by atoms with E-state index in [9.17, 15) is 35.9 Å². The average Bonchev–Trinajstić information content (AvgIpc) is 3.27. The summed E-state index contributed by atoms with van der Waals surface area (Å²) in [7, 11) is 0. The molecule has 0 bridgehead atoms. The highest BCUT2D eigenvalue weighted by Gasteiger charge is 2.67. The lowest BCUT2D eigenvalue weighted by molar-refractivity contribution is -0.153. The van der Waals surface area contributed by atoms with E-state index in [0.717, 1.165) is 18.2 Å². The molecule has 1 aliphatic carbocycles. The zero-order chi connectivity index (χ0) is 24.7. The smallest absolute Gasteiger partial charge is 0.352 e. The summed E-state index contributed by atoms with van der Waals surface area (Å²) in [6, 6.07) is 5.30. The SMILES string of the molecule is O=C(CC(F)(F)F)NCc1c(F)ccc(NC(=O)C2C(c3ccc(F)c(Cl)c3)C2(Cl)Cl)c1F. The van der Waals surface area contributed by atoms with Gasteiger partial charge in [-0.2, -0.15) is 13.2 Å². The molecule has 0 heterocycles. The molecule has 2 N–H and O–H groups in total. The molecule has 13 heteroatoms. The lowest BCUT2D eigenvalue weighted by Crippen LogP contribution is -2.29. The first-order chi connectivity index (χ1) is 15.2. The molecular weight excluding hydrogens is 521 g/mol. The van der Waals surface area contributed by atoms with Crippen molar-refractivity contribution >= 4 is 52.3 Å². The standard InChI is InChI=1S/C20H13Cl3F6N2O2/c21-10-5-8(1-2-12(10)25)15-16(20(15,22)23)18(33)31-13-4-3-11(24)9(17(13)26)7-30-14(32)6-19(27,28)29/h1-5,15-16H,6-7H2,(H,30,32)(H,31,33). The fourth-order valence-corrected chi connectivity index (χ4v) is 4.29. The van der Waals surface area contributed by atoms with Crippen LogP contribution in [-0.4, -0.2) is 22.3 Å². The first-order valence-corrected chi connectivity index (χ1v) is 10.3. The Morgan fingerprint density at radius 1 is 1.03 bits per heavy atom. The van der Waals surface area contributed by atoms with Crippen LogP contribution in [0.2, 0.25) is 5.02 Å².